The number of rotatable bonds is 6. The van der Waals surface area contributed by atoms with Crippen LogP contribution >= 0.6 is 23.7 Å². The topological polar surface area (TPSA) is 32.8 Å². The predicted octanol–water partition coefficient (Wildman–Crippen LogP) is 5.42. The van der Waals surface area contributed by atoms with Crippen LogP contribution in [0.4, 0.5) is 20.2 Å². The number of nitrogens with zero attached hydrogens (tertiary/aromatic N) is 2. The molecule has 0 fully saturated rings. The van der Waals surface area contributed by atoms with Crippen molar-refractivity contribution in [2.45, 2.75) is 16.7 Å². The van der Waals surface area contributed by atoms with Crippen molar-refractivity contribution in [1.29, 1.82) is 0 Å². The lowest BCUT2D eigenvalue weighted by Gasteiger charge is -2.25. The maximum absolute atomic E-state index is 13.4. The van der Waals surface area contributed by atoms with Gasteiger partial charge in [0.15, 0.2) is 12.1 Å². The summed E-state index contributed by atoms with van der Waals surface area (Å²) in [5.74, 6) is 0.0448. The molecule has 0 N–H and O–H groups in total. The maximum atomic E-state index is 13.4. The average Bonchev–Trinajstić information content (AvgIpc) is 2.85. The summed E-state index contributed by atoms with van der Waals surface area (Å²) in [5, 5.41) is 0. The summed E-state index contributed by atoms with van der Waals surface area (Å²) < 4.78 is 34.2. The number of likely N-dealkylation sites (N-methyl/N-ethyl adjacent to an activating group) is 1. The number of ether oxygens (including phenoxy) is 1. The van der Waals surface area contributed by atoms with E-state index in [1.165, 1.54) is 12.1 Å². The van der Waals surface area contributed by atoms with Crippen molar-refractivity contribution >= 4 is 41.4 Å². The lowest BCUT2D eigenvalue weighted by Crippen LogP contribution is -2.24. The molecule has 1 aliphatic rings. The first-order valence-corrected chi connectivity index (χ1v) is 10.5. The van der Waals surface area contributed by atoms with Crippen LogP contribution in [0.2, 0.25) is 0 Å². The molecule has 28 heavy (non-hydrogen) atoms. The molecule has 4 nitrogen and oxygen atoms in total. The second kappa shape index (κ2) is 9.45. The first kappa shape index (κ1) is 20.7. The number of halogens is 2. The van der Waals surface area contributed by atoms with E-state index in [-0.39, 0.29) is 12.1 Å². The Morgan fingerprint density at radius 1 is 1.29 bits per heavy atom. The highest BCUT2D eigenvalue weighted by atomic mass is 32.2. The number of anilines is 2. The number of hydrogen-bond donors (Lipinski definition) is 0. The largest absolute Gasteiger partial charge is 0.461 e. The Kier molecular flexibility index (Phi) is 6.98. The Bertz CT molecular complexity index is 875. The number of thioether (sulfide) groups is 1. The summed E-state index contributed by atoms with van der Waals surface area (Å²) in [6.07, 6.45) is 0.923. The summed E-state index contributed by atoms with van der Waals surface area (Å²) >= 11 is 3.13. The predicted molar refractivity (Wildman–Crippen MR) is 111 cm³/mol. The maximum Gasteiger partial charge on any atom is 0.197 e. The zero-order valence-corrected chi connectivity index (χ0v) is 17.2. The van der Waals surface area contributed by atoms with Gasteiger partial charge in [-0.25, -0.2) is 8.70 Å². The molecule has 148 valence electrons. The van der Waals surface area contributed by atoms with Gasteiger partial charge in [-0.1, -0.05) is 6.92 Å². The molecular weight excluding hydrogens is 402 g/mol. The Labute approximate surface area is 171 Å². The van der Waals surface area contributed by atoms with Crippen molar-refractivity contribution in [2.75, 3.05) is 30.8 Å². The molecule has 0 radical (unpaired) electrons. The summed E-state index contributed by atoms with van der Waals surface area (Å²) in [7, 11) is 1.99. The first-order valence-electron chi connectivity index (χ1n) is 8.72. The zero-order valence-electron chi connectivity index (χ0n) is 15.5. The highest BCUT2D eigenvalue weighted by Gasteiger charge is 2.23. The van der Waals surface area contributed by atoms with Gasteiger partial charge in [-0.3, -0.25) is 4.79 Å². The number of allylic oxidation sites excluding steroid dienone is 1. The number of carbonyl (C=O) groups excluding carboxylic acids is 1. The fourth-order valence-electron chi connectivity index (χ4n) is 2.79. The molecule has 1 heterocycles. The molecule has 2 aromatic rings. The Morgan fingerprint density at radius 3 is 2.71 bits per heavy atom. The molecule has 0 saturated heterocycles. The lowest BCUT2D eigenvalue weighted by atomic mass is 10.2. The molecule has 8 heteroatoms. The summed E-state index contributed by atoms with van der Waals surface area (Å²) in [6.45, 7) is 3.54. The van der Waals surface area contributed by atoms with Crippen LogP contribution in [0.25, 0.3) is 0 Å². The highest BCUT2D eigenvalue weighted by molar-refractivity contribution is 7.99. The van der Waals surface area contributed by atoms with E-state index in [1.54, 1.807) is 35.8 Å². The van der Waals surface area contributed by atoms with Gasteiger partial charge < -0.3 is 9.64 Å². The molecule has 0 spiro atoms. The number of aldehydes is 1. The molecule has 2 aromatic carbocycles. The van der Waals surface area contributed by atoms with Gasteiger partial charge in [0, 0.05) is 18.8 Å². The van der Waals surface area contributed by atoms with Crippen LogP contribution in [0.15, 0.2) is 58.3 Å². The van der Waals surface area contributed by atoms with Crippen LogP contribution in [0, 0.1) is 5.82 Å². The number of hydrogen-bond acceptors (Lipinski definition) is 6. The molecule has 1 aliphatic heterocycles. The number of carbonyl (C=O) groups is 1. The second-order valence-corrected chi connectivity index (χ2v) is 8.56. The van der Waals surface area contributed by atoms with E-state index in [9.17, 15) is 13.6 Å². The van der Waals surface area contributed by atoms with Gasteiger partial charge in [-0.05, 0) is 61.1 Å². The van der Waals surface area contributed by atoms with Crippen molar-refractivity contribution in [1.82, 2.24) is 4.31 Å². The van der Waals surface area contributed by atoms with Crippen molar-refractivity contribution in [2.24, 2.45) is 0 Å². The van der Waals surface area contributed by atoms with Crippen LogP contribution in [-0.2, 0) is 4.79 Å². The molecule has 3 rings (SSSR count). The van der Waals surface area contributed by atoms with Crippen molar-refractivity contribution < 1.29 is 18.3 Å². The van der Waals surface area contributed by atoms with Crippen LogP contribution in [-0.4, -0.2) is 36.5 Å². The van der Waals surface area contributed by atoms with Crippen LogP contribution in [0.5, 0.6) is 5.75 Å². The molecule has 0 amide bonds. The van der Waals surface area contributed by atoms with E-state index in [2.05, 4.69) is 9.21 Å². The molecule has 0 atom stereocenters. The van der Waals surface area contributed by atoms with Gasteiger partial charge in [0.25, 0.3) is 0 Å². The van der Waals surface area contributed by atoms with Crippen molar-refractivity contribution in [3.8, 4) is 5.75 Å². The summed E-state index contributed by atoms with van der Waals surface area (Å²) in [4.78, 5) is 14.4. The van der Waals surface area contributed by atoms with Gasteiger partial charge in [0.1, 0.15) is 17.8 Å². The van der Waals surface area contributed by atoms with Gasteiger partial charge in [0.2, 0.25) is 0 Å². The standard InChI is InChI=1S/C20H20F2N2O2S2/c1-3-27-20-10-17-19(11-18(20)26-13-15(22)12-25)28-23(2)8-9-24(17)16-6-4-14(21)5-7-16/h4-7,10-13H,3,8-9H2,1-2H3/b15-13-. The molecule has 0 unspecified atom stereocenters. The molecule has 0 aliphatic carbocycles. The third-order valence-corrected chi connectivity index (χ3v) is 5.99. The van der Waals surface area contributed by atoms with Gasteiger partial charge in [-0.15, -0.1) is 11.8 Å². The normalized spacial score (nSPS) is 15.1. The van der Waals surface area contributed by atoms with E-state index >= 15 is 0 Å². The monoisotopic (exact) mass is 422 g/mol. The van der Waals surface area contributed by atoms with Crippen LogP contribution in [0.1, 0.15) is 6.92 Å². The fourth-order valence-corrected chi connectivity index (χ4v) is 4.47. The van der Waals surface area contributed by atoms with E-state index < -0.39 is 5.83 Å². The molecule has 0 aromatic heterocycles. The SMILES string of the molecule is CCSc1cc2c(cc1O/C=C(\F)C=O)SN(C)CCN2c1ccc(F)cc1. The number of fused-ring (bicyclic) bond motifs is 1. The summed E-state index contributed by atoms with van der Waals surface area (Å²) in [5.41, 5.74) is 1.87. The van der Waals surface area contributed by atoms with Gasteiger partial charge in [0.05, 0.1) is 15.5 Å². The van der Waals surface area contributed by atoms with E-state index in [1.807, 2.05) is 26.1 Å². The number of benzene rings is 2. The van der Waals surface area contributed by atoms with Crippen LogP contribution in [0.3, 0.4) is 0 Å². The average molecular weight is 423 g/mol. The lowest BCUT2D eigenvalue weighted by molar-refractivity contribution is -0.106. The van der Waals surface area contributed by atoms with E-state index in [0.717, 1.165) is 46.3 Å². The minimum absolute atomic E-state index is 0.106. The van der Waals surface area contributed by atoms with E-state index in [4.69, 9.17) is 4.74 Å². The van der Waals surface area contributed by atoms with Gasteiger partial charge in [-0.2, -0.15) is 4.39 Å². The van der Waals surface area contributed by atoms with E-state index in [0.29, 0.717) is 5.75 Å². The van der Waals surface area contributed by atoms with Crippen molar-refractivity contribution in [3.05, 3.63) is 54.3 Å². The molecular formula is C20H20F2N2O2S2. The fraction of sp³-hybridized carbons (Fsp3) is 0.250. The third-order valence-electron chi connectivity index (χ3n) is 4.06. The minimum Gasteiger partial charge on any atom is -0.461 e. The van der Waals surface area contributed by atoms with Gasteiger partial charge >= 0.3 is 0 Å². The quantitative estimate of drug-likeness (QED) is 0.203. The highest BCUT2D eigenvalue weighted by Crippen LogP contribution is 2.44. The third kappa shape index (κ3) is 4.87. The molecule has 0 bridgehead atoms. The smallest absolute Gasteiger partial charge is 0.197 e. The summed E-state index contributed by atoms with van der Waals surface area (Å²) in [6, 6.07) is 10.3. The Hall–Kier alpha value is -2.03. The first-order chi connectivity index (χ1) is 13.5. The molecule has 0 saturated carbocycles. The second-order valence-electron chi connectivity index (χ2n) is 6.01. The zero-order chi connectivity index (χ0) is 20.1. The Morgan fingerprint density at radius 2 is 2.04 bits per heavy atom. The minimum atomic E-state index is -0.972. The van der Waals surface area contributed by atoms with Crippen LogP contribution < -0.4 is 9.64 Å². The van der Waals surface area contributed by atoms with Crippen molar-refractivity contribution in [3.63, 3.8) is 0 Å². The Balaban J connectivity index is 2.07.